The molecule has 0 fully saturated rings. The predicted octanol–water partition coefficient (Wildman–Crippen LogP) is 21.6. The molecule has 2 N–H and O–H groups in total. The standard InChI is InChI=1S/C37H43N.C30H36ClN.C6H7N/c1-3-5-7-10-18-30-25-31(19-11-8-6-4-2)27-33(26-30)38-36-21-15-14-20-34(36)35-23-22-32(28-37(35)38)24-29-16-12-9-13-17-29;1-3-5-7-9-13-23-19-24(14-10-8-6-4-2)21-26(20-23)32-29-16-12-11-15-27(29)28-18-17-25(31)22-30(28)32;7-6-4-2-1-3-5-6/h9,12-17,20-23,25-28H,3-8,10-11,18-19,24H2,1-2H3;11-12,15-22H,3-10,13-14H2,1-2H3;1-5H,7H2. The van der Waals surface area contributed by atoms with Crippen LogP contribution in [0.3, 0.4) is 0 Å². The average Bonchev–Trinajstić information content (AvgIpc) is 4.07. The van der Waals surface area contributed by atoms with Gasteiger partial charge >= 0.3 is 0 Å². The Labute approximate surface area is 467 Å². The average molecular weight is 1040 g/mol. The molecule has 3 nitrogen and oxygen atoms in total. The highest BCUT2D eigenvalue weighted by molar-refractivity contribution is 6.31. The molecule has 0 spiro atoms. The molecule has 4 heteroatoms. The molecule has 0 unspecified atom stereocenters. The molecule has 0 saturated carbocycles. The van der Waals surface area contributed by atoms with Gasteiger partial charge in [-0.3, -0.25) is 0 Å². The largest absolute Gasteiger partial charge is 0.399 e. The Morgan fingerprint density at radius 3 is 1.10 bits per heavy atom. The van der Waals surface area contributed by atoms with Gasteiger partial charge in [0.25, 0.3) is 0 Å². The number of hydrogen-bond donors (Lipinski definition) is 1. The Morgan fingerprint density at radius 1 is 0.312 bits per heavy atom. The van der Waals surface area contributed by atoms with Gasteiger partial charge in [0.15, 0.2) is 0 Å². The van der Waals surface area contributed by atoms with Crippen LogP contribution in [0.15, 0.2) is 182 Å². The van der Waals surface area contributed by atoms with Crippen LogP contribution in [-0.4, -0.2) is 9.13 Å². The molecule has 400 valence electrons. The van der Waals surface area contributed by atoms with Gasteiger partial charge in [-0.25, -0.2) is 0 Å². The van der Waals surface area contributed by atoms with Gasteiger partial charge in [0.1, 0.15) is 0 Å². The molecule has 0 radical (unpaired) electrons. The minimum absolute atomic E-state index is 0.789. The van der Waals surface area contributed by atoms with Crippen molar-refractivity contribution < 1.29 is 0 Å². The lowest BCUT2D eigenvalue weighted by atomic mass is 9.99. The summed E-state index contributed by atoms with van der Waals surface area (Å²) < 4.78 is 4.95. The van der Waals surface area contributed by atoms with Crippen molar-refractivity contribution in [3.63, 3.8) is 0 Å². The molecular weight excluding hydrogens is 954 g/mol. The van der Waals surface area contributed by atoms with E-state index in [1.165, 1.54) is 204 Å². The molecular formula is C73H86ClN3. The van der Waals surface area contributed by atoms with E-state index < -0.39 is 0 Å². The highest BCUT2D eigenvalue weighted by Crippen LogP contribution is 2.36. The number of para-hydroxylation sites is 3. The zero-order chi connectivity index (χ0) is 53.6. The van der Waals surface area contributed by atoms with Crippen molar-refractivity contribution in [1.29, 1.82) is 0 Å². The van der Waals surface area contributed by atoms with E-state index in [0.29, 0.717) is 0 Å². The van der Waals surface area contributed by atoms with Gasteiger partial charge in [0.2, 0.25) is 0 Å². The Morgan fingerprint density at radius 2 is 0.688 bits per heavy atom. The SMILES string of the molecule is CCCCCCc1cc(CCCCCC)cc(-n2c3ccccc3c3ccc(Cc4ccccc4)cc32)c1.CCCCCCc1cc(CCCCCC)cc(-n2c3ccccc3c3ccc(Cl)cc32)c1.Nc1ccccc1. The molecule has 0 aliphatic heterocycles. The van der Waals surface area contributed by atoms with E-state index in [2.05, 4.69) is 182 Å². The molecule has 0 saturated heterocycles. The molecule has 0 aliphatic carbocycles. The zero-order valence-electron chi connectivity index (χ0n) is 47.0. The van der Waals surface area contributed by atoms with Gasteiger partial charge in [-0.05, 0) is 158 Å². The monoisotopic (exact) mass is 1040 g/mol. The van der Waals surface area contributed by atoms with Crippen LogP contribution in [0.5, 0.6) is 0 Å². The van der Waals surface area contributed by atoms with Gasteiger partial charge < -0.3 is 14.9 Å². The summed E-state index contributed by atoms with van der Waals surface area (Å²) in [5.74, 6) is 0. The number of hydrogen-bond acceptors (Lipinski definition) is 1. The first kappa shape index (κ1) is 56.6. The number of unbranched alkanes of at least 4 members (excludes halogenated alkanes) is 12. The molecule has 0 amide bonds. The maximum atomic E-state index is 6.45. The topological polar surface area (TPSA) is 35.9 Å². The maximum absolute atomic E-state index is 6.45. The van der Waals surface area contributed by atoms with E-state index in [-0.39, 0.29) is 0 Å². The number of benzene rings is 8. The lowest BCUT2D eigenvalue weighted by molar-refractivity contribution is 0.661. The summed E-state index contributed by atoms with van der Waals surface area (Å²) in [5, 5.41) is 6.03. The number of nitrogens with zero attached hydrogens (tertiary/aromatic N) is 2. The molecule has 10 rings (SSSR count). The first-order valence-electron chi connectivity index (χ1n) is 29.7. The smallest absolute Gasteiger partial charge is 0.0555 e. The van der Waals surface area contributed by atoms with Crippen molar-refractivity contribution >= 4 is 60.9 Å². The van der Waals surface area contributed by atoms with Crippen LogP contribution in [-0.2, 0) is 32.1 Å². The van der Waals surface area contributed by atoms with Crippen LogP contribution < -0.4 is 5.73 Å². The van der Waals surface area contributed by atoms with Crippen LogP contribution in [0, 0.1) is 0 Å². The number of anilines is 1. The summed E-state index contributed by atoms with van der Waals surface area (Å²) in [7, 11) is 0. The van der Waals surface area contributed by atoms with E-state index in [1.54, 1.807) is 0 Å². The second-order valence-electron chi connectivity index (χ2n) is 21.5. The van der Waals surface area contributed by atoms with Gasteiger partial charge in [-0.2, -0.15) is 0 Å². The summed E-state index contributed by atoms with van der Waals surface area (Å²) in [4.78, 5) is 0. The summed E-state index contributed by atoms with van der Waals surface area (Å²) in [6.45, 7) is 9.15. The highest BCUT2D eigenvalue weighted by Gasteiger charge is 2.16. The lowest BCUT2D eigenvalue weighted by Gasteiger charge is -2.14. The Hall–Kier alpha value is -6.55. The molecule has 0 bridgehead atoms. The predicted molar refractivity (Wildman–Crippen MR) is 338 cm³/mol. The van der Waals surface area contributed by atoms with Crippen molar-refractivity contribution in [1.82, 2.24) is 9.13 Å². The van der Waals surface area contributed by atoms with Crippen LogP contribution in [0.4, 0.5) is 5.69 Å². The summed E-state index contributed by atoms with van der Waals surface area (Å²) in [6, 6.07) is 66.1. The lowest BCUT2D eigenvalue weighted by Crippen LogP contribution is -2.00. The second-order valence-corrected chi connectivity index (χ2v) is 22.0. The number of fused-ring (bicyclic) bond motifs is 6. The maximum Gasteiger partial charge on any atom is 0.0555 e. The first-order valence-corrected chi connectivity index (χ1v) is 30.1. The fourth-order valence-corrected chi connectivity index (χ4v) is 11.4. The molecule has 8 aromatic carbocycles. The zero-order valence-corrected chi connectivity index (χ0v) is 47.8. The number of aromatic nitrogens is 2. The Bertz CT molecular complexity index is 3300. The highest BCUT2D eigenvalue weighted by atomic mass is 35.5. The minimum Gasteiger partial charge on any atom is -0.399 e. The molecule has 0 atom stereocenters. The number of nitrogens with two attached hydrogens (primary N) is 1. The van der Waals surface area contributed by atoms with Crippen LogP contribution >= 0.6 is 11.6 Å². The van der Waals surface area contributed by atoms with Crippen molar-refractivity contribution in [2.75, 3.05) is 5.73 Å². The first-order chi connectivity index (χ1) is 37.9. The Kier molecular flexibility index (Phi) is 21.9. The van der Waals surface area contributed by atoms with Gasteiger partial charge in [0.05, 0.1) is 22.1 Å². The van der Waals surface area contributed by atoms with Crippen molar-refractivity contribution in [3.8, 4) is 11.4 Å². The van der Waals surface area contributed by atoms with Crippen LogP contribution in [0.1, 0.15) is 164 Å². The van der Waals surface area contributed by atoms with Crippen molar-refractivity contribution in [3.05, 3.63) is 220 Å². The third kappa shape index (κ3) is 15.8. The van der Waals surface area contributed by atoms with E-state index in [1.807, 2.05) is 36.4 Å². The number of nitrogen functional groups attached to an aromatic ring is 1. The van der Waals surface area contributed by atoms with Crippen molar-refractivity contribution in [2.45, 2.75) is 163 Å². The number of halogens is 1. The van der Waals surface area contributed by atoms with Gasteiger partial charge in [0, 0.05) is 43.6 Å². The van der Waals surface area contributed by atoms with E-state index in [4.69, 9.17) is 17.3 Å². The second kappa shape index (κ2) is 29.8. The quantitative estimate of drug-likeness (QED) is 0.0475. The van der Waals surface area contributed by atoms with E-state index >= 15 is 0 Å². The fourth-order valence-electron chi connectivity index (χ4n) is 11.3. The number of rotatable bonds is 24. The minimum atomic E-state index is 0.789. The molecule has 10 aromatic rings. The number of aryl methyl sites for hydroxylation is 4. The molecule has 2 aromatic heterocycles. The summed E-state index contributed by atoms with van der Waals surface area (Å²) >= 11 is 6.45. The van der Waals surface area contributed by atoms with Gasteiger partial charge in [-0.1, -0.05) is 232 Å². The third-order valence-corrected chi connectivity index (χ3v) is 15.5. The molecule has 77 heavy (non-hydrogen) atoms. The van der Waals surface area contributed by atoms with Crippen molar-refractivity contribution in [2.24, 2.45) is 0 Å². The van der Waals surface area contributed by atoms with Gasteiger partial charge in [-0.15, -0.1) is 0 Å². The van der Waals surface area contributed by atoms with Crippen LogP contribution in [0.25, 0.3) is 55.0 Å². The van der Waals surface area contributed by atoms with E-state index in [9.17, 15) is 0 Å². The van der Waals surface area contributed by atoms with E-state index in [0.717, 1.165) is 30.0 Å². The third-order valence-electron chi connectivity index (χ3n) is 15.3. The summed E-state index contributed by atoms with van der Waals surface area (Å²) in [5.41, 5.74) is 22.5. The fraction of sp³-hybridized carbons (Fsp3) is 0.342. The summed E-state index contributed by atoms with van der Waals surface area (Å²) in [6.07, 6.45) is 26.5. The Balaban J connectivity index is 0.000000182. The normalized spacial score (nSPS) is 11.3. The van der Waals surface area contributed by atoms with Crippen LogP contribution in [0.2, 0.25) is 5.02 Å². The molecule has 2 heterocycles. The molecule has 0 aliphatic rings.